The van der Waals surface area contributed by atoms with E-state index in [2.05, 4.69) is 15.0 Å². The highest BCUT2D eigenvalue weighted by atomic mass is 16.3. The molecule has 2 aromatic heterocycles. The van der Waals surface area contributed by atoms with Crippen LogP contribution in [-0.4, -0.2) is 43.8 Å². The number of fused-ring (bicyclic) bond motifs is 1. The quantitative estimate of drug-likeness (QED) is 0.864. The predicted octanol–water partition coefficient (Wildman–Crippen LogP) is 0.759. The van der Waals surface area contributed by atoms with E-state index in [1.165, 1.54) is 17.4 Å². The number of aromatic nitrogens is 3. The molecule has 0 bridgehead atoms. The van der Waals surface area contributed by atoms with Gasteiger partial charge in [0.15, 0.2) is 5.65 Å². The second-order valence-corrected chi connectivity index (χ2v) is 5.37. The summed E-state index contributed by atoms with van der Waals surface area (Å²) in [5.41, 5.74) is 1.38. The van der Waals surface area contributed by atoms with Gasteiger partial charge in [0.05, 0.1) is 5.69 Å². The summed E-state index contributed by atoms with van der Waals surface area (Å²) in [6.07, 6.45) is 6.02. The first-order valence-electron chi connectivity index (χ1n) is 7.19. The molecule has 1 saturated heterocycles. The maximum atomic E-state index is 11.9. The van der Waals surface area contributed by atoms with Gasteiger partial charge in [-0.3, -0.25) is 14.8 Å². The second kappa shape index (κ2) is 5.76. The lowest BCUT2D eigenvalue weighted by atomic mass is 9.99. The van der Waals surface area contributed by atoms with Gasteiger partial charge in [0.1, 0.15) is 0 Å². The van der Waals surface area contributed by atoms with E-state index in [0.29, 0.717) is 18.2 Å². The highest BCUT2D eigenvalue weighted by Crippen LogP contribution is 2.21. The molecule has 20 heavy (non-hydrogen) atoms. The Labute approximate surface area is 117 Å². The number of hydrogen-bond acceptors (Lipinski definition) is 4. The molecule has 2 N–H and O–H groups in total. The van der Waals surface area contributed by atoms with Crippen molar-refractivity contribution in [3.8, 4) is 0 Å². The molecule has 1 aliphatic rings. The van der Waals surface area contributed by atoms with E-state index in [-0.39, 0.29) is 12.2 Å². The molecule has 1 unspecified atom stereocenters. The van der Waals surface area contributed by atoms with Gasteiger partial charge in [0.25, 0.3) is 5.56 Å². The lowest BCUT2D eigenvalue weighted by Crippen LogP contribution is -2.40. The summed E-state index contributed by atoms with van der Waals surface area (Å²) in [4.78, 5) is 18.8. The fourth-order valence-electron chi connectivity index (χ4n) is 3.01. The van der Waals surface area contributed by atoms with Gasteiger partial charge in [-0.05, 0) is 25.8 Å². The number of rotatable bonds is 4. The van der Waals surface area contributed by atoms with Crippen molar-refractivity contribution in [1.82, 2.24) is 19.5 Å². The first-order chi connectivity index (χ1) is 9.78. The Morgan fingerprint density at radius 2 is 2.35 bits per heavy atom. The van der Waals surface area contributed by atoms with Crippen molar-refractivity contribution in [2.24, 2.45) is 0 Å². The van der Waals surface area contributed by atoms with Crippen molar-refractivity contribution in [3.63, 3.8) is 0 Å². The Hall–Kier alpha value is -1.66. The first-order valence-corrected chi connectivity index (χ1v) is 7.19. The highest BCUT2D eigenvalue weighted by Gasteiger charge is 2.22. The third-order valence-electron chi connectivity index (χ3n) is 4.01. The fourth-order valence-corrected chi connectivity index (χ4v) is 3.01. The molecule has 0 saturated carbocycles. The molecule has 108 valence electrons. The van der Waals surface area contributed by atoms with E-state index >= 15 is 0 Å². The third-order valence-corrected chi connectivity index (χ3v) is 4.01. The number of piperidine rings is 1. The van der Waals surface area contributed by atoms with Gasteiger partial charge >= 0.3 is 0 Å². The predicted molar refractivity (Wildman–Crippen MR) is 75.6 cm³/mol. The molecular weight excluding hydrogens is 256 g/mol. The van der Waals surface area contributed by atoms with Crippen LogP contribution in [0.4, 0.5) is 0 Å². The molecule has 2 aromatic rings. The molecule has 0 radical (unpaired) electrons. The minimum absolute atomic E-state index is 0.0780. The van der Waals surface area contributed by atoms with Gasteiger partial charge < -0.3 is 5.11 Å². The van der Waals surface area contributed by atoms with Crippen molar-refractivity contribution in [3.05, 3.63) is 34.4 Å². The standard InChI is InChI=1S/C14H20N4O2/c19-8-5-12-3-1-2-7-17(12)10-11-9-14(20)18-13(16-11)4-6-15-18/h4,6,9,12,15,19H,1-3,5,7-8,10H2. The molecule has 0 amide bonds. The van der Waals surface area contributed by atoms with Crippen LogP contribution in [-0.2, 0) is 6.54 Å². The Morgan fingerprint density at radius 1 is 1.45 bits per heavy atom. The van der Waals surface area contributed by atoms with E-state index in [1.54, 1.807) is 18.3 Å². The van der Waals surface area contributed by atoms with Crippen LogP contribution >= 0.6 is 0 Å². The van der Waals surface area contributed by atoms with Crippen molar-refractivity contribution < 1.29 is 5.11 Å². The summed E-state index contributed by atoms with van der Waals surface area (Å²) in [7, 11) is 0. The van der Waals surface area contributed by atoms with Crippen LogP contribution in [0.25, 0.3) is 5.65 Å². The molecule has 3 rings (SSSR count). The van der Waals surface area contributed by atoms with Crippen molar-refractivity contribution in [2.45, 2.75) is 38.3 Å². The number of H-pyrrole nitrogens is 1. The summed E-state index contributed by atoms with van der Waals surface area (Å²) in [5, 5.41) is 12.0. The molecular formula is C14H20N4O2. The molecule has 0 aliphatic carbocycles. The van der Waals surface area contributed by atoms with Gasteiger partial charge in [-0.15, -0.1) is 0 Å². The summed E-state index contributed by atoms with van der Waals surface area (Å²) >= 11 is 0. The number of aliphatic hydroxyl groups excluding tert-OH is 1. The Bertz CT molecular complexity index is 631. The zero-order chi connectivity index (χ0) is 13.9. The van der Waals surface area contributed by atoms with Gasteiger partial charge in [-0.25, -0.2) is 9.50 Å². The number of nitrogens with zero attached hydrogens (tertiary/aromatic N) is 3. The summed E-state index contributed by atoms with van der Waals surface area (Å²) in [6.45, 7) is 1.91. The van der Waals surface area contributed by atoms with E-state index in [4.69, 9.17) is 5.11 Å². The van der Waals surface area contributed by atoms with Crippen molar-refractivity contribution >= 4 is 5.65 Å². The molecule has 3 heterocycles. The third kappa shape index (κ3) is 2.62. The van der Waals surface area contributed by atoms with Crippen LogP contribution in [0, 0.1) is 0 Å². The Balaban J connectivity index is 1.82. The number of aromatic amines is 1. The average molecular weight is 276 g/mol. The van der Waals surface area contributed by atoms with E-state index in [0.717, 1.165) is 25.1 Å². The number of aliphatic hydroxyl groups is 1. The topological polar surface area (TPSA) is 73.6 Å². The Morgan fingerprint density at radius 3 is 3.20 bits per heavy atom. The van der Waals surface area contributed by atoms with Crippen LogP contribution in [0.1, 0.15) is 31.4 Å². The van der Waals surface area contributed by atoms with Crippen LogP contribution in [0.15, 0.2) is 23.1 Å². The monoisotopic (exact) mass is 276 g/mol. The second-order valence-electron chi connectivity index (χ2n) is 5.37. The average Bonchev–Trinajstić information content (AvgIpc) is 2.90. The molecule has 0 aromatic carbocycles. The molecule has 1 fully saturated rings. The lowest BCUT2D eigenvalue weighted by molar-refractivity contribution is 0.111. The summed E-state index contributed by atoms with van der Waals surface area (Å²) in [5.74, 6) is 0. The van der Waals surface area contributed by atoms with Crippen LogP contribution in [0.2, 0.25) is 0 Å². The smallest absolute Gasteiger partial charge is 0.272 e. The zero-order valence-electron chi connectivity index (χ0n) is 11.5. The number of nitrogens with one attached hydrogen (secondary N) is 1. The zero-order valence-corrected chi connectivity index (χ0v) is 11.5. The van der Waals surface area contributed by atoms with Crippen molar-refractivity contribution in [1.29, 1.82) is 0 Å². The van der Waals surface area contributed by atoms with Gasteiger partial charge in [0, 0.05) is 37.5 Å². The van der Waals surface area contributed by atoms with Crippen molar-refractivity contribution in [2.75, 3.05) is 13.2 Å². The number of likely N-dealkylation sites (tertiary alicyclic amines) is 1. The largest absolute Gasteiger partial charge is 0.396 e. The van der Waals surface area contributed by atoms with E-state index in [1.807, 2.05) is 0 Å². The van der Waals surface area contributed by atoms with Crippen LogP contribution < -0.4 is 5.56 Å². The molecule has 1 aliphatic heterocycles. The minimum atomic E-state index is -0.0780. The molecule has 6 heteroatoms. The lowest BCUT2D eigenvalue weighted by Gasteiger charge is -2.35. The van der Waals surface area contributed by atoms with Gasteiger partial charge in [-0.2, -0.15) is 0 Å². The SMILES string of the molecule is O=c1cc(CN2CCCCC2CCO)nc2cc[nH]n12. The van der Waals surface area contributed by atoms with Crippen LogP contribution in [0.3, 0.4) is 0 Å². The maximum absolute atomic E-state index is 11.9. The fraction of sp³-hybridized carbons (Fsp3) is 0.571. The maximum Gasteiger partial charge on any atom is 0.272 e. The van der Waals surface area contributed by atoms with E-state index in [9.17, 15) is 4.79 Å². The van der Waals surface area contributed by atoms with Crippen LogP contribution in [0.5, 0.6) is 0 Å². The molecule has 6 nitrogen and oxygen atoms in total. The number of hydrogen-bond donors (Lipinski definition) is 2. The Kier molecular flexibility index (Phi) is 3.84. The van der Waals surface area contributed by atoms with Gasteiger partial charge in [-0.1, -0.05) is 6.42 Å². The summed E-state index contributed by atoms with van der Waals surface area (Å²) < 4.78 is 1.44. The first kappa shape index (κ1) is 13.3. The highest BCUT2D eigenvalue weighted by molar-refractivity contribution is 5.36. The minimum Gasteiger partial charge on any atom is -0.396 e. The molecule has 1 atom stereocenters. The molecule has 0 spiro atoms. The van der Waals surface area contributed by atoms with E-state index < -0.39 is 0 Å². The summed E-state index contributed by atoms with van der Waals surface area (Å²) in [6, 6.07) is 3.79. The van der Waals surface area contributed by atoms with Gasteiger partial charge in [0.2, 0.25) is 0 Å². The normalized spacial score (nSPS) is 20.6.